The summed E-state index contributed by atoms with van der Waals surface area (Å²) in [5, 5.41) is 6.34. The number of nitrogens with one attached hydrogen (secondary N) is 1. The molecule has 1 unspecified atom stereocenters. The van der Waals surface area contributed by atoms with Crippen LogP contribution < -0.4 is 5.32 Å². The maximum Gasteiger partial charge on any atom is 0.0516 e. The lowest BCUT2D eigenvalue weighted by Gasteiger charge is -2.26. The number of thiophene rings is 1. The molecule has 17 heavy (non-hydrogen) atoms. The number of hydrogen-bond acceptors (Lipinski definition) is 3. The van der Waals surface area contributed by atoms with Crippen LogP contribution in [0.5, 0.6) is 0 Å². The molecule has 0 amide bonds. The van der Waals surface area contributed by atoms with Crippen LogP contribution in [0.25, 0.3) is 0 Å². The largest absolute Gasteiger partial charge is 0.310 e. The molecule has 1 N–H and O–H groups in total. The molecule has 0 aliphatic carbocycles. The first kappa shape index (κ1) is 15.0. The second kappa shape index (κ2) is 7.37. The topological polar surface area (TPSA) is 15.3 Å². The molecular formula is C13H23ClN2S. The van der Waals surface area contributed by atoms with Gasteiger partial charge in [-0.3, -0.25) is 0 Å². The van der Waals surface area contributed by atoms with Crippen molar-refractivity contribution in [2.75, 3.05) is 20.6 Å². The van der Waals surface area contributed by atoms with E-state index in [4.69, 9.17) is 11.6 Å². The van der Waals surface area contributed by atoms with E-state index in [2.05, 4.69) is 38.2 Å². The average Bonchev–Trinajstić information content (AvgIpc) is 2.62. The highest BCUT2D eigenvalue weighted by Crippen LogP contribution is 2.18. The van der Waals surface area contributed by atoms with Gasteiger partial charge in [0.2, 0.25) is 0 Å². The van der Waals surface area contributed by atoms with Crippen molar-refractivity contribution in [3.8, 4) is 0 Å². The summed E-state index contributed by atoms with van der Waals surface area (Å²) < 4.78 is 0. The van der Waals surface area contributed by atoms with Gasteiger partial charge in [0.1, 0.15) is 0 Å². The van der Waals surface area contributed by atoms with E-state index in [-0.39, 0.29) is 0 Å². The zero-order chi connectivity index (χ0) is 12.8. The van der Waals surface area contributed by atoms with E-state index in [1.54, 1.807) is 11.3 Å². The summed E-state index contributed by atoms with van der Waals surface area (Å²) in [7, 11) is 4.30. The minimum absolute atomic E-state index is 0.602. The van der Waals surface area contributed by atoms with Crippen LogP contribution >= 0.6 is 22.9 Å². The fourth-order valence-electron chi connectivity index (χ4n) is 1.83. The molecule has 0 saturated heterocycles. The molecule has 1 aromatic heterocycles. The third kappa shape index (κ3) is 5.87. The quantitative estimate of drug-likeness (QED) is 0.819. The van der Waals surface area contributed by atoms with Crippen molar-refractivity contribution in [1.82, 2.24) is 10.2 Å². The molecule has 4 heteroatoms. The van der Waals surface area contributed by atoms with Crippen molar-refractivity contribution >= 4 is 22.9 Å². The predicted molar refractivity (Wildman–Crippen MR) is 78.0 cm³/mol. The van der Waals surface area contributed by atoms with Gasteiger partial charge in [0.15, 0.2) is 0 Å². The normalized spacial score (nSPS) is 13.6. The predicted octanol–water partition coefficient (Wildman–Crippen LogP) is 3.47. The Morgan fingerprint density at radius 2 is 2.12 bits per heavy atom. The lowest BCUT2D eigenvalue weighted by Crippen LogP contribution is -2.38. The summed E-state index contributed by atoms with van der Waals surface area (Å²) in [5.74, 6) is 0.736. The van der Waals surface area contributed by atoms with Crippen LogP contribution in [0.1, 0.15) is 25.1 Å². The number of hydrogen-bond donors (Lipinski definition) is 1. The van der Waals surface area contributed by atoms with Gasteiger partial charge in [-0.2, -0.15) is 0 Å². The Labute approximate surface area is 114 Å². The second-order valence-corrected chi connectivity index (χ2v) is 6.54. The first-order valence-electron chi connectivity index (χ1n) is 6.09. The Hall–Kier alpha value is -0.0900. The lowest BCUT2D eigenvalue weighted by molar-refractivity contribution is 0.247. The van der Waals surface area contributed by atoms with Gasteiger partial charge in [-0.1, -0.05) is 25.4 Å². The Morgan fingerprint density at radius 3 is 2.59 bits per heavy atom. The molecule has 0 radical (unpaired) electrons. The zero-order valence-corrected chi connectivity index (χ0v) is 12.7. The van der Waals surface area contributed by atoms with Gasteiger partial charge in [-0.05, 0) is 32.5 Å². The summed E-state index contributed by atoms with van der Waals surface area (Å²) in [4.78, 5) is 3.60. The van der Waals surface area contributed by atoms with Crippen molar-refractivity contribution in [2.24, 2.45) is 5.92 Å². The maximum absolute atomic E-state index is 5.90. The standard InChI is InChI=1S/C13H23ClN2S/c1-10(2)5-12(16(3)4)7-15-8-13-6-11(14)9-17-13/h6,9-10,12,15H,5,7-8H2,1-4H3. The van der Waals surface area contributed by atoms with Crippen molar-refractivity contribution in [2.45, 2.75) is 32.9 Å². The highest BCUT2D eigenvalue weighted by molar-refractivity contribution is 7.10. The summed E-state index contributed by atoms with van der Waals surface area (Å²) in [6, 6.07) is 2.64. The third-order valence-corrected chi connectivity index (χ3v) is 4.06. The van der Waals surface area contributed by atoms with Gasteiger partial charge in [-0.25, -0.2) is 0 Å². The first-order chi connectivity index (χ1) is 7.99. The second-order valence-electron chi connectivity index (χ2n) is 5.11. The average molecular weight is 275 g/mol. The van der Waals surface area contributed by atoms with Gasteiger partial charge in [0.25, 0.3) is 0 Å². The van der Waals surface area contributed by atoms with Crippen LogP contribution in [-0.2, 0) is 6.54 Å². The Balaban J connectivity index is 2.31. The van der Waals surface area contributed by atoms with Gasteiger partial charge in [0, 0.05) is 29.4 Å². The highest BCUT2D eigenvalue weighted by atomic mass is 35.5. The SMILES string of the molecule is CC(C)CC(CNCc1cc(Cl)cs1)N(C)C. The number of nitrogens with zero attached hydrogens (tertiary/aromatic N) is 1. The van der Waals surface area contributed by atoms with Crippen molar-refractivity contribution in [1.29, 1.82) is 0 Å². The number of likely N-dealkylation sites (N-methyl/N-ethyl adjacent to an activating group) is 1. The monoisotopic (exact) mass is 274 g/mol. The Morgan fingerprint density at radius 1 is 1.41 bits per heavy atom. The molecular weight excluding hydrogens is 252 g/mol. The molecule has 0 aliphatic rings. The van der Waals surface area contributed by atoms with E-state index in [0.717, 1.165) is 24.0 Å². The molecule has 1 aromatic rings. The highest BCUT2D eigenvalue weighted by Gasteiger charge is 2.12. The first-order valence-corrected chi connectivity index (χ1v) is 7.35. The fraction of sp³-hybridized carbons (Fsp3) is 0.692. The molecule has 1 rings (SSSR count). The van der Waals surface area contributed by atoms with Gasteiger partial charge < -0.3 is 10.2 Å². The van der Waals surface area contributed by atoms with Crippen molar-refractivity contribution in [3.63, 3.8) is 0 Å². The molecule has 0 saturated carbocycles. The van der Waals surface area contributed by atoms with E-state index >= 15 is 0 Å². The minimum atomic E-state index is 0.602. The summed E-state index contributed by atoms with van der Waals surface area (Å²) >= 11 is 7.61. The van der Waals surface area contributed by atoms with E-state index in [9.17, 15) is 0 Å². The van der Waals surface area contributed by atoms with Crippen LogP contribution in [0.4, 0.5) is 0 Å². The number of halogens is 1. The lowest BCUT2D eigenvalue weighted by atomic mass is 10.0. The molecule has 1 atom stereocenters. The minimum Gasteiger partial charge on any atom is -0.310 e. The fourth-order valence-corrected chi connectivity index (χ4v) is 2.87. The van der Waals surface area contributed by atoms with E-state index < -0.39 is 0 Å². The van der Waals surface area contributed by atoms with Crippen LogP contribution in [0.2, 0.25) is 5.02 Å². The summed E-state index contributed by atoms with van der Waals surface area (Å²) in [6.45, 7) is 6.49. The molecule has 1 heterocycles. The van der Waals surface area contributed by atoms with E-state index in [0.29, 0.717) is 6.04 Å². The zero-order valence-electron chi connectivity index (χ0n) is 11.2. The van der Waals surface area contributed by atoms with Crippen LogP contribution in [0, 0.1) is 5.92 Å². The van der Waals surface area contributed by atoms with Crippen LogP contribution in [0.3, 0.4) is 0 Å². The molecule has 0 aromatic carbocycles. The Kier molecular flexibility index (Phi) is 6.49. The van der Waals surface area contributed by atoms with Crippen LogP contribution in [-0.4, -0.2) is 31.6 Å². The molecule has 0 fully saturated rings. The molecule has 0 spiro atoms. The van der Waals surface area contributed by atoms with E-state index in [1.165, 1.54) is 11.3 Å². The van der Waals surface area contributed by atoms with Crippen LogP contribution in [0.15, 0.2) is 11.4 Å². The molecule has 2 nitrogen and oxygen atoms in total. The van der Waals surface area contributed by atoms with Crippen molar-refractivity contribution in [3.05, 3.63) is 21.3 Å². The summed E-state index contributed by atoms with van der Waals surface area (Å²) in [6.07, 6.45) is 1.23. The molecule has 0 aliphatic heterocycles. The smallest absolute Gasteiger partial charge is 0.0516 e. The maximum atomic E-state index is 5.90. The van der Waals surface area contributed by atoms with Gasteiger partial charge in [-0.15, -0.1) is 11.3 Å². The van der Waals surface area contributed by atoms with Crippen molar-refractivity contribution < 1.29 is 0 Å². The summed E-state index contributed by atoms with van der Waals surface area (Å²) in [5.41, 5.74) is 0. The van der Waals surface area contributed by atoms with E-state index in [1.807, 2.05) is 11.4 Å². The van der Waals surface area contributed by atoms with Gasteiger partial charge >= 0.3 is 0 Å². The van der Waals surface area contributed by atoms with Gasteiger partial charge in [0.05, 0.1) is 5.02 Å². The number of rotatable bonds is 7. The molecule has 0 bridgehead atoms. The molecule has 98 valence electrons. The third-order valence-electron chi connectivity index (χ3n) is 2.77. The Bertz CT molecular complexity index is 323.